The van der Waals surface area contributed by atoms with Gasteiger partial charge < -0.3 is 10.6 Å². The number of amides is 2. The molecule has 2 aromatic carbocycles. The van der Waals surface area contributed by atoms with Gasteiger partial charge in [0.15, 0.2) is 0 Å². The number of carbonyl (C=O) groups is 2. The van der Waals surface area contributed by atoms with E-state index in [-0.39, 0.29) is 34.9 Å². The van der Waals surface area contributed by atoms with Gasteiger partial charge >= 0.3 is 0 Å². The minimum Gasteiger partial charge on any atom is -0.348 e. The molecule has 162 valence electrons. The summed E-state index contributed by atoms with van der Waals surface area (Å²) in [5.41, 5.74) is 1.00. The predicted octanol–water partition coefficient (Wildman–Crippen LogP) is 3.04. The molecule has 0 aliphatic carbocycles. The lowest BCUT2D eigenvalue weighted by atomic mass is 10.1. The smallest absolute Gasteiger partial charge is 0.254 e. The molecule has 0 saturated heterocycles. The lowest BCUT2D eigenvalue weighted by Crippen LogP contribution is -2.31. The van der Waals surface area contributed by atoms with E-state index in [9.17, 15) is 22.4 Å². The molecular weight excluding hydrogens is 409 g/mol. The van der Waals surface area contributed by atoms with Gasteiger partial charge in [0.2, 0.25) is 15.9 Å². The van der Waals surface area contributed by atoms with E-state index < -0.39 is 21.7 Å². The molecule has 2 rings (SSSR count). The Morgan fingerprint density at radius 2 is 1.63 bits per heavy atom. The Morgan fingerprint density at radius 1 is 1.00 bits per heavy atom. The maximum Gasteiger partial charge on any atom is 0.254 e. The van der Waals surface area contributed by atoms with Gasteiger partial charge in [-0.25, -0.2) is 17.5 Å². The topological polar surface area (TPSA) is 104 Å². The SMILES string of the molecule is CC(C)NS(=O)(=O)c1ccc(F)c(C(=O)NCc2ccc(NC(=O)C(C)C)cc2)c1. The number of benzene rings is 2. The molecule has 0 bridgehead atoms. The van der Waals surface area contributed by atoms with Crippen molar-refractivity contribution in [2.75, 3.05) is 5.32 Å². The van der Waals surface area contributed by atoms with Crippen LogP contribution >= 0.6 is 0 Å². The highest BCUT2D eigenvalue weighted by Gasteiger charge is 2.20. The maximum atomic E-state index is 14.1. The van der Waals surface area contributed by atoms with Crippen LogP contribution in [0.2, 0.25) is 0 Å². The van der Waals surface area contributed by atoms with Crippen LogP contribution in [0.4, 0.5) is 10.1 Å². The zero-order chi connectivity index (χ0) is 22.5. The standard InChI is InChI=1S/C21H26FN3O4S/c1-13(2)20(26)24-16-7-5-15(6-8-16)12-23-21(27)18-11-17(9-10-19(18)22)30(28,29)25-14(3)4/h5-11,13-14,25H,12H2,1-4H3,(H,23,27)(H,24,26). The van der Waals surface area contributed by atoms with Gasteiger partial charge in [0.05, 0.1) is 10.5 Å². The third-order valence-corrected chi connectivity index (χ3v) is 5.74. The Balaban J connectivity index is 2.08. The molecule has 0 saturated carbocycles. The number of carbonyl (C=O) groups excluding carboxylic acids is 2. The molecule has 0 atom stereocenters. The Hall–Kier alpha value is -2.78. The molecule has 0 aliphatic heterocycles. The fraction of sp³-hybridized carbons (Fsp3) is 0.333. The molecule has 2 amide bonds. The average molecular weight is 436 g/mol. The monoisotopic (exact) mass is 435 g/mol. The van der Waals surface area contributed by atoms with Gasteiger partial charge in [-0.1, -0.05) is 26.0 Å². The van der Waals surface area contributed by atoms with E-state index in [2.05, 4.69) is 15.4 Å². The Bertz CT molecular complexity index is 1020. The number of halogens is 1. The van der Waals surface area contributed by atoms with Crippen LogP contribution in [-0.2, 0) is 21.4 Å². The third-order valence-electron chi connectivity index (χ3n) is 4.08. The first-order chi connectivity index (χ1) is 14.0. The summed E-state index contributed by atoms with van der Waals surface area (Å²) < 4.78 is 41.0. The Labute approximate surface area is 176 Å². The van der Waals surface area contributed by atoms with Crippen molar-refractivity contribution in [1.29, 1.82) is 0 Å². The minimum absolute atomic E-state index is 0.103. The summed E-state index contributed by atoms with van der Waals surface area (Å²) in [4.78, 5) is 23.9. The van der Waals surface area contributed by atoms with E-state index in [1.165, 1.54) is 0 Å². The quantitative estimate of drug-likeness (QED) is 0.593. The molecule has 0 unspecified atom stereocenters. The summed E-state index contributed by atoms with van der Waals surface area (Å²) in [7, 11) is -3.85. The normalized spacial score (nSPS) is 11.6. The van der Waals surface area contributed by atoms with E-state index >= 15 is 0 Å². The predicted molar refractivity (Wildman–Crippen MR) is 113 cm³/mol. The highest BCUT2D eigenvalue weighted by Crippen LogP contribution is 2.16. The van der Waals surface area contributed by atoms with Crippen molar-refractivity contribution in [1.82, 2.24) is 10.0 Å². The fourth-order valence-corrected chi connectivity index (χ4v) is 3.77. The van der Waals surface area contributed by atoms with Crippen molar-refractivity contribution < 1.29 is 22.4 Å². The average Bonchev–Trinajstić information content (AvgIpc) is 2.66. The fourth-order valence-electron chi connectivity index (χ4n) is 2.49. The zero-order valence-corrected chi connectivity index (χ0v) is 18.1. The van der Waals surface area contributed by atoms with Gasteiger partial charge in [0.25, 0.3) is 5.91 Å². The second kappa shape index (κ2) is 9.82. The highest BCUT2D eigenvalue weighted by atomic mass is 32.2. The van der Waals surface area contributed by atoms with Crippen molar-refractivity contribution >= 4 is 27.5 Å². The van der Waals surface area contributed by atoms with Crippen LogP contribution in [0.1, 0.15) is 43.6 Å². The lowest BCUT2D eigenvalue weighted by molar-refractivity contribution is -0.118. The molecule has 0 radical (unpaired) electrons. The van der Waals surface area contributed by atoms with Gasteiger partial charge in [-0.05, 0) is 49.7 Å². The first kappa shape index (κ1) is 23.5. The van der Waals surface area contributed by atoms with Gasteiger partial charge in [-0.2, -0.15) is 0 Å². The number of rotatable bonds is 8. The molecule has 0 heterocycles. The number of sulfonamides is 1. The molecular formula is C21H26FN3O4S. The largest absolute Gasteiger partial charge is 0.348 e. The summed E-state index contributed by atoms with van der Waals surface area (Å²) in [5, 5.41) is 5.33. The Kier molecular flexibility index (Phi) is 7.69. The first-order valence-electron chi connectivity index (χ1n) is 9.49. The van der Waals surface area contributed by atoms with Gasteiger partial charge in [0, 0.05) is 24.2 Å². The zero-order valence-electron chi connectivity index (χ0n) is 17.3. The third kappa shape index (κ3) is 6.36. The molecule has 3 N–H and O–H groups in total. The van der Waals surface area contributed by atoms with Crippen LogP contribution < -0.4 is 15.4 Å². The summed E-state index contributed by atoms with van der Waals surface area (Å²) in [6.07, 6.45) is 0. The first-order valence-corrected chi connectivity index (χ1v) is 11.0. The second-order valence-electron chi connectivity index (χ2n) is 7.44. The lowest BCUT2D eigenvalue weighted by Gasteiger charge is -2.12. The summed E-state index contributed by atoms with van der Waals surface area (Å²) in [5.74, 6) is -1.79. The van der Waals surface area contributed by atoms with Crippen molar-refractivity contribution in [2.45, 2.75) is 45.2 Å². The van der Waals surface area contributed by atoms with E-state index in [0.29, 0.717) is 5.69 Å². The van der Waals surface area contributed by atoms with Crippen molar-refractivity contribution in [3.05, 3.63) is 59.4 Å². The summed E-state index contributed by atoms with van der Waals surface area (Å²) in [6.45, 7) is 7.01. The molecule has 0 spiro atoms. The molecule has 2 aromatic rings. The van der Waals surface area contributed by atoms with Gasteiger partial charge in [-0.3, -0.25) is 9.59 Å². The Morgan fingerprint density at radius 3 is 2.20 bits per heavy atom. The van der Waals surface area contributed by atoms with E-state index in [4.69, 9.17) is 0 Å². The number of hydrogen-bond acceptors (Lipinski definition) is 4. The van der Waals surface area contributed by atoms with Crippen LogP contribution in [0.15, 0.2) is 47.4 Å². The van der Waals surface area contributed by atoms with Crippen molar-refractivity contribution in [2.24, 2.45) is 5.92 Å². The molecule has 0 aliphatic rings. The van der Waals surface area contributed by atoms with Gasteiger partial charge in [-0.15, -0.1) is 0 Å². The van der Waals surface area contributed by atoms with Crippen molar-refractivity contribution in [3.63, 3.8) is 0 Å². The molecule has 0 aromatic heterocycles. The van der Waals surface area contributed by atoms with Crippen LogP contribution in [0.3, 0.4) is 0 Å². The molecule has 7 nitrogen and oxygen atoms in total. The van der Waals surface area contributed by atoms with Gasteiger partial charge in [0.1, 0.15) is 5.82 Å². The van der Waals surface area contributed by atoms with Crippen LogP contribution in [0.5, 0.6) is 0 Å². The molecule has 30 heavy (non-hydrogen) atoms. The maximum absolute atomic E-state index is 14.1. The van der Waals surface area contributed by atoms with Crippen LogP contribution in [-0.4, -0.2) is 26.3 Å². The summed E-state index contributed by atoms with van der Waals surface area (Å²) >= 11 is 0. The van der Waals surface area contributed by atoms with Crippen LogP contribution in [0.25, 0.3) is 0 Å². The number of anilines is 1. The molecule has 9 heteroatoms. The highest BCUT2D eigenvalue weighted by molar-refractivity contribution is 7.89. The minimum atomic E-state index is -3.85. The van der Waals surface area contributed by atoms with Crippen LogP contribution in [0, 0.1) is 11.7 Å². The van der Waals surface area contributed by atoms with Crippen molar-refractivity contribution in [3.8, 4) is 0 Å². The molecule has 0 fully saturated rings. The van der Waals surface area contributed by atoms with E-state index in [0.717, 1.165) is 23.8 Å². The van der Waals surface area contributed by atoms with E-state index in [1.54, 1.807) is 52.0 Å². The van der Waals surface area contributed by atoms with E-state index in [1.807, 2.05) is 0 Å². The number of hydrogen-bond donors (Lipinski definition) is 3. The second-order valence-corrected chi connectivity index (χ2v) is 9.16. The number of nitrogens with one attached hydrogen (secondary N) is 3. The summed E-state index contributed by atoms with van der Waals surface area (Å²) in [6, 6.07) is 9.59.